The van der Waals surface area contributed by atoms with Crippen molar-refractivity contribution in [3.63, 3.8) is 0 Å². The lowest BCUT2D eigenvalue weighted by molar-refractivity contribution is 0.590. The minimum Gasteiger partial charge on any atom is -0.456 e. The predicted molar refractivity (Wildman–Crippen MR) is 363 cm³/mol. The van der Waals surface area contributed by atoms with Crippen LogP contribution in [-0.2, 0) is 27.1 Å². The molecule has 0 atom stereocenters. The van der Waals surface area contributed by atoms with Crippen molar-refractivity contribution in [1.29, 1.82) is 0 Å². The summed E-state index contributed by atoms with van der Waals surface area (Å²) in [5.41, 5.74) is 29.4. The molecule has 0 spiro atoms. The molecular weight excluding hydrogens is 1020 g/mol. The van der Waals surface area contributed by atoms with E-state index in [2.05, 4.69) is 327 Å². The van der Waals surface area contributed by atoms with Crippen LogP contribution < -0.4 is 0 Å². The number of benzene rings is 11. The van der Waals surface area contributed by atoms with Crippen molar-refractivity contribution >= 4 is 21.9 Å². The number of para-hydroxylation sites is 1. The van der Waals surface area contributed by atoms with E-state index in [0.717, 1.165) is 33.1 Å². The fourth-order valence-electron chi connectivity index (χ4n) is 13.3. The summed E-state index contributed by atoms with van der Waals surface area (Å²) in [4.78, 5) is 0. The number of rotatable bonds is 8. The van der Waals surface area contributed by atoms with E-state index in [0.29, 0.717) is 0 Å². The molecule has 0 unspecified atom stereocenters. The third kappa shape index (κ3) is 10.1. The Morgan fingerprint density at radius 2 is 0.647 bits per heavy atom. The van der Waals surface area contributed by atoms with Gasteiger partial charge in [0.1, 0.15) is 11.2 Å². The predicted octanol–water partition coefficient (Wildman–Crippen LogP) is 23.4. The molecule has 0 aliphatic heterocycles. The maximum Gasteiger partial charge on any atom is 0.136 e. The third-order valence-electron chi connectivity index (χ3n) is 18.3. The molecule has 1 heterocycles. The summed E-state index contributed by atoms with van der Waals surface area (Å²) >= 11 is 0. The van der Waals surface area contributed by atoms with E-state index < -0.39 is 5.41 Å². The molecule has 1 aliphatic rings. The molecule has 0 N–H and O–H groups in total. The third-order valence-corrected chi connectivity index (χ3v) is 18.3. The molecular formula is C84H78O. The average molecular weight is 1100 g/mol. The Labute approximate surface area is 505 Å². The van der Waals surface area contributed by atoms with Crippen molar-refractivity contribution < 1.29 is 4.42 Å². The van der Waals surface area contributed by atoms with Crippen molar-refractivity contribution in [2.45, 2.75) is 117 Å². The highest BCUT2D eigenvalue weighted by molar-refractivity contribution is 6.15. The first kappa shape index (κ1) is 55.4. The van der Waals surface area contributed by atoms with Crippen molar-refractivity contribution in [1.82, 2.24) is 0 Å². The van der Waals surface area contributed by atoms with Gasteiger partial charge in [0.15, 0.2) is 0 Å². The molecule has 0 saturated heterocycles. The van der Waals surface area contributed by atoms with Gasteiger partial charge in [0.05, 0.1) is 5.41 Å². The second kappa shape index (κ2) is 20.5. The molecule has 0 bridgehead atoms. The number of hydrogen-bond acceptors (Lipinski definition) is 1. The lowest BCUT2D eigenvalue weighted by atomic mass is 9.67. The van der Waals surface area contributed by atoms with Crippen LogP contribution in [0.25, 0.3) is 99.8 Å². The Morgan fingerprint density at radius 3 is 1.04 bits per heavy atom. The summed E-state index contributed by atoms with van der Waals surface area (Å²) in [6.07, 6.45) is 0. The SMILES string of the molecule is Cc1ccc2c(c1)-c1c(ccc3oc4ccccc4c13)C2(c1cccc(-c2cc(-c3ccc(C(C)(C)C)cc3)cc(-c3ccc(C(C)(C)C)cc3)c2)c1)c1cccc(-c2cc(-c3ccc(C(C)(C)C)cc3)cc(-c3ccc(C(C)(C)C)cc3)c2)c1. The smallest absolute Gasteiger partial charge is 0.136 e. The van der Waals surface area contributed by atoms with Gasteiger partial charge in [-0.1, -0.05) is 265 Å². The van der Waals surface area contributed by atoms with Crippen molar-refractivity contribution in [2.75, 3.05) is 0 Å². The van der Waals surface area contributed by atoms with Crippen LogP contribution in [0.4, 0.5) is 0 Å². The van der Waals surface area contributed by atoms with Gasteiger partial charge in [-0.2, -0.15) is 0 Å². The van der Waals surface area contributed by atoms with Gasteiger partial charge in [-0.25, -0.2) is 0 Å². The zero-order valence-corrected chi connectivity index (χ0v) is 51.9. The van der Waals surface area contributed by atoms with Crippen LogP contribution in [0.3, 0.4) is 0 Å². The average Bonchev–Trinajstić information content (AvgIpc) is 1.56. The number of hydrogen-bond donors (Lipinski definition) is 0. The molecule has 12 aromatic rings. The summed E-state index contributed by atoms with van der Waals surface area (Å²) < 4.78 is 6.74. The lowest BCUT2D eigenvalue weighted by Gasteiger charge is -2.34. The summed E-state index contributed by atoms with van der Waals surface area (Å²) in [7, 11) is 0. The molecule has 1 heteroatoms. The number of fused-ring (bicyclic) bond motifs is 7. The van der Waals surface area contributed by atoms with Crippen molar-refractivity contribution in [3.8, 4) is 77.9 Å². The molecule has 0 fully saturated rings. The lowest BCUT2D eigenvalue weighted by Crippen LogP contribution is -2.28. The maximum atomic E-state index is 6.74. The molecule has 420 valence electrons. The van der Waals surface area contributed by atoms with E-state index in [1.807, 2.05) is 0 Å². The van der Waals surface area contributed by atoms with E-state index in [1.54, 1.807) is 0 Å². The second-order valence-corrected chi connectivity index (χ2v) is 28.3. The summed E-state index contributed by atoms with van der Waals surface area (Å²) in [5.74, 6) is 0. The number of furan rings is 1. The van der Waals surface area contributed by atoms with Crippen LogP contribution in [0.15, 0.2) is 241 Å². The van der Waals surface area contributed by atoms with Gasteiger partial charge in [-0.15, -0.1) is 0 Å². The normalized spacial score (nSPS) is 13.3. The Balaban J connectivity index is 1.05. The maximum absolute atomic E-state index is 6.74. The monoisotopic (exact) mass is 1100 g/mol. The first-order valence-electron chi connectivity index (χ1n) is 30.5. The summed E-state index contributed by atoms with van der Waals surface area (Å²) in [5, 5.41) is 2.29. The largest absolute Gasteiger partial charge is 0.456 e. The molecule has 85 heavy (non-hydrogen) atoms. The number of aryl methyl sites for hydroxylation is 1. The highest BCUT2D eigenvalue weighted by Crippen LogP contribution is 2.60. The van der Waals surface area contributed by atoms with Gasteiger partial charge in [-0.3, -0.25) is 0 Å². The quantitative estimate of drug-likeness (QED) is 0.148. The van der Waals surface area contributed by atoms with E-state index in [-0.39, 0.29) is 21.7 Å². The van der Waals surface area contributed by atoms with Crippen LogP contribution in [0.2, 0.25) is 0 Å². The van der Waals surface area contributed by atoms with Crippen LogP contribution in [0, 0.1) is 6.92 Å². The summed E-state index contributed by atoms with van der Waals surface area (Å²) in [6.45, 7) is 29.7. The van der Waals surface area contributed by atoms with E-state index in [4.69, 9.17) is 4.42 Å². The zero-order valence-electron chi connectivity index (χ0n) is 51.9. The van der Waals surface area contributed by atoms with E-state index >= 15 is 0 Å². The molecule has 1 aliphatic carbocycles. The van der Waals surface area contributed by atoms with Gasteiger partial charge in [0.2, 0.25) is 0 Å². The first-order valence-corrected chi connectivity index (χ1v) is 30.5. The first-order chi connectivity index (χ1) is 40.5. The van der Waals surface area contributed by atoms with Crippen LogP contribution in [0.1, 0.15) is 133 Å². The van der Waals surface area contributed by atoms with Gasteiger partial charge in [-0.05, 0) is 212 Å². The highest BCUT2D eigenvalue weighted by Gasteiger charge is 2.47. The topological polar surface area (TPSA) is 13.1 Å². The van der Waals surface area contributed by atoms with Crippen molar-refractivity contribution in [3.05, 3.63) is 287 Å². The van der Waals surface area contributed by atoms with E-state index in [9.17, 15) is 0 Å². The summed E-state index contributed by atoms with van der Waals surface area (Å²) in [6, 6.07) is 90.6. The minimum absolute atomic E-state index is 0.0493. The molecule has 0 saturated carbocycles. The van der Waals surface area contributed by atoms with Gasteiger partial charge in [0.25, 0.3) is 0 Å². The molecule has 0 amide bonds. The Morgan fingerprint density at radius 1 is 0.282 bits per heavy atom. The Bertz CT molecular complexity index is 4150. The Kier molecular flexibility index (Phi) is 13.4. The molecule has 11 aromatic carbocycles. The van der Waals surface area contributed by atoms with Crippen LogP contribution in [-0.4, -0.2) is 0 Å². The van der Waals surface area contributed by atoms with E-state index in [1.165, 1.54) is 117 Å². The molecule has 13 rings (SSSR count). The standard InChI is InChI=1S/C84H78O/c1-53-24-41-74-73(44-53)78-75(42-43-77-79(78)72-22-14-15-23-76(72)85-77)84(74,70-20-16-18-58(51-70)64-47-60(54-25-33-66(34-26-54)80(2,3)4)45-61(48-64)55-27-35-67(36-28-55)81(5,6)7)71-21-17-19-59(52-71)65-49-62(56-29-37-68(38-30-56)82(8,9)10)46-63(50-65)57-31-39-69(40-32-57)83(11,12)13/h14-52H,1-13H3. The fourth-order valence-corrected chi connectivity index (χ4v) is 13.3. The zero-order chi connectivity index (χ0) is 59.4. The van der Waals surface area contributed by atoms with Crippen LogP contribution in [0.5, 0.6) is 0 Å². The molecule has 0 radical (unpaired) electrons. The van der Waals surface area contributed by atoms with Gasteiger partial charge < -0.3 is 4.42 Å². The Hall–Kier alpha value is -8.78. The fraction of sp³-hybridized carbons (Fsp3) is 0.214. The minimum atomic E-state index is -0.741. The molecule has 1 nitrogen and oxygen atoms in total. The highest BCUT2D eigenvalue weighted by atomic mass is 16.3. The van der Waals surface area contributed by atoms with Gasteiger partial charge >= 0.3 is 0 Å². The van der Waals surface area contributed by atoms with Gasteiger partial charge in [0, 0.05) is 10.8 Å². The van der Waals surface area contributed by atoms with Crippen molar-refractivity contribution in [2.24, 2.45) is 0 Å². The second-order valence-electron chi connectivity index (χ2n) is 28.3. The molecule has 1 aromatic heterocycles. The van der Waals surface area contributed by atoms with Crippen LogP contribution >= 0.6 is 0 Å².